The van der Waals surface area contributed by atoms with Crippen LogP contribution in [-0.2, 0) is 0 Å². The second-order valence-electron chi connectivity index (χ2n) is 7.90. The number of fused-ring (bicyclic) bond motifs is 1. The molecule has 2 aliphatic rings. The lowest BCUT2D eigenvalue weighted by Crippen LogP contribution is -2.70. The van der Waals surface area contributed by atoms with Gasteiger partial charge in [-0.05, 0) is 47.0 Å². The number of benzene rings is 3. The number of urea groups is 1. The molecule has 2 heterocycles. The van der Waals surface area contributed by atoms with E-state index in [2.05, 4.69) is 60.0 Å². The molecule has 0 atom stereocenters. The molecule has 5 rings (SSSR count). The number of carbonyl (C=O) groups excluding carboxylic acids is 2. The second-order valence-corrected chi connectivity index (χ2v) is 7.90. The maximum atomic E-state index is 12.8. The molecule has 0 radical (unpaired) electrons. The Balaban J connectivity index is 1.38. The first kappa shape index (κ1) is 16.8. The number of hydrogen-bond acceptors (Lipinski definition) is 2. The average molecular weight is 371 g/mol. The van der Waals surface area contributed by atoms with Crippen molar-refractivity contribution in [3.63, 3.8) is 0 Å². The minimum Gasteiger partial charge on any atom is -0.336 e. The molecular weight excluding hydrogens is 350 g/mol. The maximum Gasteiger partial charge on any atom is 0.315 e. The zero-order chi connectivity index (χ0) is 19.3. The summed E-state index contributed by atoms with van der Waals surface area (Å²) in [7, 11) is 0. The third-order valence-corrected chi connectivity index (χ3v) is 5.68. The Morgan fingerprint density at radius 2 is 1.71 bits per heavy atom. The maximum absolute atomic E-state index is 12.8. The summed E-state index contributed by atoms with van der Waals surface area (Å²) in [5.41, 5.74) is 4.00. The van der Waals surface area contributed by atoms with Gasteiger partial charge in [0.25, 0.3) is 5.91 Å². The van der Waals surface area contributed by atoms with Crippen LogP contribution in [0.25, 0.3) is 21.9 Å². The van der Waals surface area contributed by atoms with E-state index in [9.17, 15) is 9.59 Å². The van der Waals surface area contributed by atoms with Crippen LogP contribution >= 0.6 is 0 Å². The minimum absolute atomic E-state index is 0.0106. The predicted molar refractivity (Wildman–Crippen MR) is 109 cm³/mol. The summed E-state index contributed by atoms with van der Waals surface area (Å²) in [4.78, 5) is 26.0. The SMILES string of the molecule is Cc1cccc(-c2ccc3cc(C(=O)N4CC5(CNC(=O)N5)C4)ccc3c2)c1. The Morgan fingerprint density at radius 1 is 0.964 bits per heavy atom. The third-order valence-electron chi connectivity index (χ3n) is 5.68. The van der Waals surface area contributed by atoms with Crippen LogP contribution in [0.15, 0.2) is 60.7 Å². The van der Waals surface area contributed by atoms with Crippen molar-refractivity contribution in [1.82, 2.24) is 15.5 Å². The van der Waals surface area contributed by atoms with Crippen molar-refractivity contribution in [2.45, 2.75) is 12.5 Å². The average Bonchev–Trinajstić information content (AvgIpc) is 3.07. The Hall–Kier alpha value is -3.34. The smallest absolute Gasteiger partial charge is 0.315 e. The van der Waals surface area contributed by atoms with E-state index in [1.807, 2.05) is 18.2 Å². The van der Waals surface area contributed by atoms with Crippen molar-refractivity contribution in [3.8, 4) is 11.1 Å². The molecule has 3 amide bonds. The fourth-order valence-corrected chi connectivity index (χ4v) is 4.16. The lowest BCUT2D eigenvalue weighted by molar-refractivity contribution is 0.0397. The highest BCUT2D eigenvalue weighted by Crippen LogP contribution is 2.28. The zero-order valence-electron chi connectivity index (χ0n) is 15.7. The quantitative estimate of drug-likeness (QED) is 0.726. The van der Waals surface area contributed by atoms with E-state index in [1.54, 1.807) is 4.90 Å². The van der Waals surface area contributed by atoms with Gasteiger partial charge in [0.05, 0.1) is 5.54 Å². The first-order chi connectivity index (χ1) is 13.5. The van der Waals surface area contributed by atoms with E-state index < -0.39 is 0 Å². The Kier molecular flexibility index (Phi) is 3.66. The monoisotopic (exact) mass is 371 g/mol. The number of carbonyl (C=O) groups is 2. The first-order valence-electron chi connectivity index (χ1n) is 9.48. The van der Waals surface area contributed by atoms with Gasteiger partial charge in [0.15, 0.2) is 0 Å². The third kappa shape index (κ3) is 2.80. The van der Waals surface area contributed by atoms with E-state index in [0.29, 0.717) is 25.2 Å². The van der Waals surface area contributed by atoms with Crippen LogP contribution in [0.1, 0.15) is 15.9 Å². The summed E-state index contributed by atoms with van der Waals surface area (Å²) in [6.45, 7) is 3.77. The summed E-state index contributed by atoms with van der Waals surface area (Å²) in [6.07, 6.45) is 0. The van der Waals surface area contributed by atoms with E-state index in [4.69, 9.17) is 0 Å². The highest BCUT2D eigenvalue weighted by atomic mass is 16.2. The molecular formula is C23H21N3O2. The molecule has 2 saturated heterocycles. The number of hydrogen-bond donors (Lipinski definition) is 2. The van der Waals surface area contributed by atoms with Crippen molar-refractivity contribution < 1.29 is 9.59 Å². The lowest BCUT2D eigenvalue weighted by Gasteiger charge is -2.46. The van der Waals surface area contributed by atoms with Gasteiger partial charge in [-0.3, -0.25) is 4.79 Å². The standard InChI is InChI=1S/C23H21N3O2/c1-15-3-2-4-16(9-15)17-5-6-19-11-20(8-7-18(19)10-17)21(27)26-13-23(14-26)12-24-22(28)25-23/h2-11H,12-14H2,1H3,(H2,24,25,28). The molecule has 0 aromatic heterocycles. The van der Waals surface area contributed by atoms with Gasteiger partial charge in [-0.15, -0.1) is 0 Å². The van der Waals surface area contributed by atoms with Gasteiger partial charge in [-0.1, -0.05) is 48.0 Å². The lowest BCUT2D eigenvalue weighted by atomic mass is 9.90. The summed E-state index contributed by atoms with van der Waals surface area (Å²) < 4.78 is 0. The van der Waals surface area contributed by atoms with Crippen LogP contribution in [0.3, 0.4) is 0 Å². The number of aryl methyl sites for hydroxylation is 1. The van der Waals surface area contributed by atoms with Crippen molar-refractivity contribution in [2.24, 2.45) is 0 Å². The van der Waals surface area contributed by atoms with E-state index in [-0.39, 0.29) is 17.5 Å². The number of nitrogens with one attached hydrogen (secondary N) is 2. The van der Waals surface area contributed by atoms with Crippen LogP contribution in [0.4, 0.5) is 4.79 Å². The molecule has 5 nitrogen and oxygen atoms in total. The number of rotatable bonds is 2. The number of nitrogens with zero attached hydrogens (tertiary/aromatic N) is 1. The van der Waals surface area contributed by atoms with Crippen LogP contribution in [-0.4, -0.2) is 42.0 Å². The van der Waals surface area contributed by atoms with Crippen LogP contribution in [0.5, 0.6) is 0 Å². The van der Waals surface area contributed by atoms with Crippen molar-refractivity contribution in [3.05, 3.63) is 71.8 Å². The largest absolute Gasteiger partial charge is 0.336 e. The second kappa shape index (κ2) is 6.09. The first-order valence-corrected chi connectivity index (χ1v) is 9.48. The van der Waals surface area contributed by atoms with E-state index in [1.165, 1.54) is 16.7 Å². The molecule has 2 N–H and O–H groups in total. The Bertz CT molecular complexity index is 1120. The predicted octanol–water partition coefficient (Wildman–Crippen LogP) is 3.32. The molecule has 3 aromatic carbocycles. The van der Waals surface area contributed by atoms with Gasteiger partial charge in [0, 0.05) is 25.2 Å². The van der Waals surface area contributed by atoms with Gasteiger partial charge >= 0.3 is 6.03 Å². The summed E-state index contributed by atoms with van der Waals surface area (Å²) in [6, 6.07) is 20.5. The summed E-state index contributed by atoms with van der Waals surface area (Å²) in [5, 5.41) is 7.85. The normalized spacial score (nSPS) is 17.3. The molecule has 0 saturated carbocycles. The topological polar surface area (TPSA) is 61.4 Å². The van der Waals surface area contributed by atoms with Crippen LogP contribution in [0.2, 0.25) is 0 Å². The van der Waals surface area contributed by atoms with Crippen molar-refractivity contribution >= 4 is 22.7 Å². The van der Waals surface area contributed by atoms with E-state index >= 15 is 0 Å². The minimum atomic E-state index is -0.285. The molecule has 3 aromatic rings. The number of amides is 3. The van der Waals surface area contributed by atoms with E-state index in [0.717, 1.165) is 10.8 Å². The van der Waals surface area contributed by atoms with Gasteiger partial charge in [-0.25, -0.2) is 4.79 Å². The molecule has 0 unspecified atom stereocenters. The van der Waals surface area contributed by atoms with Gasteiger partial charge in [0.2, 0.25) is 0 Å². The van der Waals surface area contributed by atoms with Crippen molar-refractivity contribution in [1.29, 1.82) is 0 Å². The van der Waals surface area contributed by atoms with Crippen molar-refractivity contribution in [2.75, 3.05) is 19.6 Å². The molecule has 140 valence electrons. The highest BCUT2D eigenvalue weighted by molar-refractivity contribution is 6.00. The zero-order valence-corrected chi connectivity index (χ0v) is 15.7. The summed E-state index contributed by atoms with van der Waals surface area (Å²) >= 11 is 0. The van der Waals surface area contributed by atoms with Crippen LogP contribution < -0.4 is 10.6 Å². The molecule has 0 aliphatic carbocycles. The van der Waals surface area contributed by atoms with Crippen LogP contribution in [0, 0.1) is 6.92 Å². The fraction of sp³-hybridized carbons (Fsp3) is 0.217. The molecule has 28 heavy (non-hydrogen) atoms. The molecule has 0 bridgehead atoms. The molecule has 1 spiro atoms. The number of likely N-dealkylation sites (tertiary alicyclic amines) is 1. The highest BCUT2D eigenvalue weighted by Gasteiger charge is 2.49. The van der Waals surface area contributed by atoms with Gasteiger partial charge < -0.3 is 15.5 Å². The molecule has 2 fully saturated rings. The fourth-order valence-electron chi connectivity index (χ4n) is 4.16. The van der Waals surface area contributed by atoms with Gasteiger partial charge in [0.1, 0.15) is 0 Å². The molecule has 2 aliphatic heterocycles. The van der Waals surface area contributed by atoms with Gasteiger partial charge in [-0.2, -0.15) is 0 Å². The Labute approximate surface area is 163 Å². The summed E-state index contributed by atoms with van der Waals surface area (Å²) in [5.74, 6) is 0.0106. The Morgan fingerprint density at radius 3 is 2.46 bits per heavy atom. The molecule has 5 heteroatoms.